The molecule has 0 radical (unpaired) electrons. The van der Waals surface area contributed by atoms with E-state index in [9.17, 15) is 0 Å². The maximum Gasteiger partial charge on any atom is 0.0613 e. The SMILES string of the molecule is COCC(C)NC1CCCCc2ccccc21. The van der Waals surface area contributed by atoms with Gasteiger partial charge in [-0.1, -0.05) is 30.7 Å². The van der Waals surface area contributed by atoms with Gasteiger partial charge >= 0.3 is 0 Å². The maximum atomic E-state index is 5.20. The Kier molecular flexibility index (Phi) is 4.57. The molecule has 0 saturated heterocycles. The van der Waals surface area contributed by atoms with Gasteiger partial charge in [0.1, 0.15) is 0 Å². The van der Waals surface area contributed by atoms with Gasteiger partial charge in [-0.05, 0) is 37.3 Å². The highest BCUT2D eigenvalue weighted by Crippen LogP contribution is 2.28. The van der Waals surface area contributed by atoms with Gasteiger partial charge < -0.3 is 10.1 Å². The molecule has 0 bridgehead atoms. The highest BCUT2D eigenvalue weighted by Gasteiger charge is 2.19. The monoisotopic (exact) mass is 233 g/mol. The average Bonchev–Trinajstić information content (AvgIpc) is 2.53. The summed E-state index contributed by atoms with van der Waals surface area (Å²) in [4.78, 5) is 0. The summed E-state index contributed by atoms with van der Waals surface area (Å²) >= 11 is 0. The molecule has 0 saturated carbocycles. The van der Waals surface area contributed by atoms with Gasteiger partial charge in [0.15, 0.2) is 0 Å². The number of rotatable bonds is 4. The van der Waals surface area contributed by atoms with Crippen molar-refractivity contribution in [2.24, 2.45) is 0 Å². The van der Waals surface area contributed by atoms with Gasteiger partial charge in [0.25, 0.3) is 0 Å². The molecule has 0 amide bonds. The third-order valence-corrected chi connectivity index (χ3v) is 3.52. The predicted molar refractivity (Wildman–Crippen MR) is 71.2 cm³/mol. The summed E-state index contributed by atoms with van der Waals surface area (Å²) in [6.07, 6.45) is 5.10. The zero-order chi connectivity index (χ0) is 12.1. The van der Waals surface area contributed by atoms with E-state index >= 15 is 0 Å². The van der Waals surface area contributed by atoms with Crippen molar-refractivity contribution in [3.05, 3.63) is 35.4 Å². The van der Waals surface area contributed by atoms with E-state index in [-0.39, 0.29) is 0 Å². The molecule has 2 unspecified atom stereocenters. The van der Waals surface area contributed by atoms with Crippen LogP contribution in [0.2, 0.25) is 0 Å². The van der Waals surface area contributed by atoms with E-state index in [2.05, 4.69) is 36.5 Å². The van der Waals surface area contributed by atoms with Gasteiger partial charge in [0, 0.05) is 19.2 Å². The lowest BCUT2D eigenvalue weighted by Gasteiger charge is -2.23. The number of nitrogens with one attached hydrogen (secondary N) is 1. The van der Waals surface area contributed by atoms with Crippen LogP contribution in [0.15, 0.2) is 24.3 Å². The van der Waals surface area contributed by atoms with Crippen molar-refractivity contribution in [1.82, 2.24) is 5.32 Å². The number of hydrogen-bond donors (Lipinski definition) is 1. The minimum absolute atomic E-state index is 0.413. The molecule has 1 aromatic carbocycles. The summed E-state index contributed by atoms with van der Waals surface area (Å²) in [7, 11) is 1.76. The van der Waals surface area contributed by atoms with E-state index in [0.717, 1.165) is 6.61 Å². The highest BCUT2D eigenvalue weighted by atomic mass is 16.5. The van der Waals surface area contributed by atoms with Gasteiger partial charge in [-0.15, -0.1) is 0 Å². The van der Waals surface area contributed by atoms with E-state index in [0.29, 0.717) is 12.1 Å². The fraction of sp³-hybridized carbons (Fsp3) is 0.600. The molecule has 17 heavy (non-hydrogen) atoms. The summed E-state index contributed by atoms with van der Waals surface area (Å²) in [6, 6.07) is 9.77. The number of ether oxygens (including phenoxy) is 1. The second-order valence-electron chi connectivity index (χ2n) is 5.02. The molecule has 94 valence electrons. The molecule has 1 N–H and O–H groups in total. The van der Waals surface area contributed by atoms with Crippen LogP contribution in [0.3, 0.4) is 0 Å². The molecule has 2 rings (SSSR count). The number of methoxy groups -OCH3 is 1. The summed E-state index contributed by atoms with van der Waals surface area (Å²) in [5.74, 6) is 0. The van der Waals surface area contributed by atoms with Gasteiger partial charge in [0.2, 0.25) is 0 Å². The Balaban J connectivity index is 2.11. The molecule has 1 aromatic rings. The van der Waals surface area contributed by atoms with Crippen LogP contribution in [-0.2, 0) is 11.2 Å². The van der Waals surface area contributed by atoms with Crippen molar-refractivity contribution in [1.29, 1.82) is 0 Å². The van der Waals surface area contributed by atoms with Gasteiger partial charge in [0.05, 0.1) is 6.61 Å². The van der Waals surface area contributed by atoms with E-state index in [1.807, 2.05) is 0 Å². The molecule has 0 aromatic heterocycles. The second-order valence-corrected chi connectivity index (χ2v) is 5.02. The maximum absolute atomic E-state index is 5.20. The molecule has 0 spiro atoms. The largest absolute Gasteiger partial charge is 0.383 e. The van der Waals surface area contributed by atoms with E-state index in [1.165, 1.54) is 36.8 Å². The Morgan fingerprint density at radius 1 is 1.35 bits per heavy atom. The van der Waals surface area contributed by atoms with Crippen LogP contribution >= 0.6 is 0 Å². The Morgan fingerprint density at radius 2 is 2.18 bits per heavy atom. The van der Waals surface area contributed by atoms with E-state index < -0.39 is 0 Å². The number of fused-ring (bicyclic) bond motifs is 1. The van der Waals surface area contributed by atoms with Crippen LogP contribution in [0.1, 0.15) is 43.4 Å². The molecule has 0 fully saturated rings. The van der Waals surface area contributed by atoms with Gasteiger partial charge in [-0.2, -0.15) is 0 Å². The average molecular weight is 233 g/mol. The third-order valence-electron chi connectivity index (χ3n) is 3.52. The number of aryl methyl sites for hydroxylation is 1. The Labute approximate surface area is 104 Å². The van der Waals surface area contributed by atoms with Crippen LogP contribution in [0.25, 0.3) is 0 Å². The third kappa shape index (κ3) is 3.30. The van der Waals surface area contributed by atoms with Gasteiger partial charge in [-0.25, -0.2) is 0 Å². The number of benzene rings is 1. The molecule has 1 aliphatic rings. The van der Waals surface area contributed by atoms with Crippen LogP contribution in [0.5, 0.6) is 0 Å². The molecule has 2 atom stereocenters. The van der Waals surface area contributed by atoms with Crippen molar-refractivity contribution in [2.75, 3.05) is 13.7 Å². The van der Waals surface area contributed by atoms with Crippen LogP contribution in [0, 0.1) is 0 Å². The van der Waals surface area contributed by atoms with Crippen molar-refractivity contribution in [3.63, 3.8) is 0 Å². The van der Waals surface area contributed by atoms with Crippen molar-refractivity contribution in [2.45, 2.75) is 44.7 Å². The lowest BCUT2D eigenvalue weighted by atomic mass is 9.98. The topological polar surface area (TPSA) is 21.3 Å². The Hall–Kier alpha value is -0.860. The fourth-order valence-corrected chi connectivity index (χ4v) is 2.74. The first-order valence-corrected chi connectivity index (χ1v) is 6.64. The highest BCUT2D eigenvalue weighted by molar-refractivity contribution is 5.31. The van der Waals surface area contributed by atoms with E-state index in [1.54, 1.807) is 7.11 Å². The predicted octanol–water partition coefficient (Wildman–Crippen LogP) is 3.08. The van der Waals surface area contributed by atoms with Crippen LogP contribution in [-0.4, -0.2) is 19.8 Å². The lowest BCUT2D eigenvalue weighted by Crippen LogP contribution is -2.33. The molecule has 0 aliphatic heterocycles. The number of hydrogen-bond acceptors (Lipinski definition) is 2. The molecule has 1 aliphatic carbocycles. The first kappa shape index (κ1) is 12.6. The summed E-state index contributed by atoms with van der Waals surface area (Å²) < 4.78 is 5.20. The zero-order valence-electron chi connectivity index (χ0n) is 10.9. The molecule has 0 heterocycles. The van der Waals surface area contributed by atoms with E-state index in [4.69, 9.17) is 4.74 Å². The van der Waals surface area contributed by atoms with Crippen molar-refractivity contribution in [3.8, 4) is 0 Å². The van der Waals surface area contributed by atoms with Crippen molar-refractivity contribution < 1.29 is 4.74 Å². The second kappa shape index (κ2) is 6.18. The summed E-state index contributed by atoms with van der Waals surface area (Å²) in [5, 5.41) is 3.69. The summed E-state index contributed by atoms with van der Waals surface area (Å²) in [5.41, 5.74) is 3.01. The molecule has 2 nitrogen and oxygen atoms in total. The zero-order valence-corrected chi connectivity index (χ0v) is 10.9. The molecular weight excluding hydrogens is 210 g/mol. The Morgan fingerprint density at radius 3 is 3.00 bits per heavy atom. The minimum atomic E-state index is 0.413. The van der Waals surface area contributed by atoms with Gasteiger partial charge in [-0.3, -0.25) is 0 Å². The molecule has 2 heteroatoms. The standard InChI is InChI=1S/C15H23NO/c1-12(11-17-2)16-15-10-6-4-8-13-7-3-5-9-14(13)15/h3,5,7,9,12,15-16H,4,6,8,10-11H2,1-2H3. The normalized spacial score (nSPS) is 21.6. The fourth-order valence-electron chi connectivity index (χ4n) is 2.74. The van der Waals surface area contributed by atoms with Crippen molar-refractivity contribution >= 4 is 0 Å². The first-order chi connectivity index (χ1) is 8.31. The molecular formula is C15H23NO. The minimum Gasteiger partial charge on any atom is -0.383 e. The summed E-state index contributed by atoms with van der Waals surface area (Å²) in [6.45, 7) is 2.97. The smallest absolute Gasteiger partial charge is 0.0613 e. The quantitative estimate of drug-likeness (QED) is 0.807. The Bertz CT molecular complexity index is 351. The van der Waals surface area contributed by atoms with Crippen LogP contribution < -0.4 is 5.32 Å². The lowest BCUT2D eigenvalue weighted by molar-refractivity contribution is 0.165. The first-order valence-electron chi connectivity index (χ1n) is 6.64. The van der Waals surface area contributed by atoms with Crippen LogP contribution in [0.4, 0.5) is 0 Å².